The summed E-state index contributed by atoms with van der Waals surface area (Å²) in [5, 5.41) is 11.3. The van der Waals surface area contributed by atoms with Gasteiger partial charge in [-0.25, -0.2) is 0 Å². The van der Waals surface area contributed by atoms with Crippen molar-refractivity contribution in [3.05, 3.63) is 0 Å². The van der Waals surface area contributed by atoms with Gasteiger partial charge in [-0.2, -0.15) is 0 Å². The Kier molecular flexibility index (Phi) is 3.91. The van der Waals surface area contributed by atoms with Crippen LogP contribution in [0.1, 0.15) is 39.5 Å². The molecule has 1 rings (SSSR count). The first-order chi connectivity index (χ1) is 7.30. The quantitative estimate of drug-likeness (QED) is 0.652. The summed E-state index contributed by atoms with van der Waals surface area (Å²) in [4.78, 5) is 21.9. The van der Waals surface area contributed by atoms with E-state index in [1.165, 1.54) is 0 Å². The Morgan fingerprint density at radius 2 is 2.19 bits per heavy atom. The number of amides is 1. The van der Waals surface area contributed by atoms with Gasteiger partial charge in [0.2, 0.25) is 5.91 Å². The number of carbonyl (C=O) groups excluding carboxylic acids is 1. The van der Waals surface area contributed by atoms with Crippen molar-refractivity contribution in [2.24, 2.45) is 11.1 Å². The van der Waals surface area contributed by atoms with Crippen molar-refractivity contribution in [2.45, 2.75) is 51.6 Å². The standard InChI is InChI=1S/C11H20N2O3/c1-11(2)4-3-7(6-11)13-10(16)8(12)5-9(14)15/h7-8H,3-6,12H2,1-2H3,(H,13,16)(H,14,15). The number of carboxylic acids is 1. The van der Waals surface area contributed by atoms with Crippen molar-refractivity contribution in [1.29, 1.82) is 0 Å². The molecule has 92 valence electrons. The molecule has 0 radical (unpaired) electrons. The van der Waals surface area contributed by atoms with Crippen LogP contribution >= 0.6 is 0 Å². The molecule has 2 unspecified atom stereocenters. The van der Waals surface area contributed by atoms with Crippen molar-refractivity contribution in [1.82, 2.24) is 5.32 Å². The SMILES string of the molecule is CC1(C)CCC(NC(=O)C(N)CC(=O)O)C1. The number of hydrogen-bond donors (Lipinski definition) is 3. The summed E-state index contributed by atoms with van der Waals surface area (Å²) in [7, 11) is 0. The van der Waals surface area contributed by atoms with Gasteiger partial charge in [0.05, 0.1) is 12.5 Å². The maximum absolute atomic E-state index is 11.5. The molecule has 0 bridgehead atoms. The van der Waals surface area contributed by atoms with Crippen LogP contribution in [0.15, 0.2) is 0 Å². The molecular weight excluding hydrogens is 208 g/mol. The van der Waals surface area contributed by atoms with Crippen LogP contribution in [0, 0.1) is 5.41 Å². The van der Waals surface area contributed by atoms with Gasteiger partial charge in [-0.1, -0.05) is 13.8 Å². The lowest BCUT2D eigenvalue weighted by atomic mass is 9.92. The summed E-state index contributed by atoms with van der Waals surface area (Å²) in [6.07, 6.45) is 2.63. The van der Waals surface area contributed by atoms with Crippen LogP contribution in [0.4, 0.5) is 0 Å². The fourth-order valence-corrected chi connectivity index (χ4v) is 2.15. The topological polar surface area (TPSA) is 92.4 Å². The number of rotatable bonds is 4. The number of carbonyl (C=O) groups is 2. The molecule has 1 aliphatic carbocycles. The Hall–Kier alpha value is -1.10. The summed E-state index contributed by atoms with van der Waals surface area (Å²) >= 11 is 0. The van der Waals surface area contributed by atoms with E-state index in [0.29, 0.717) is 0 Å². The smallest absolute Gasteiger partial charge is 0.305 e. The molecule has 1 amide bonds. The van der Waals surface area contributed by atoms with Gasteiger partial charge in [-0.15, -0.1) is 0 Å². The zero-order valence-corrected chi connectivity index (χ0v) is 9.82. The first-order valence-corrected chi connectivity index (χ1v) is 5.58. The predicted octanol–water partition coefficient (Wildman–Crippen LogP) is 0.483. The Labute approximate surface area is 95.4 Å². The number of carboxylic acid groups (broad SMARTS) is 1. The van der Waals surface area contributed by atoms with Crippen LogP contribution in [0.2, 0.25) is 0 Å². The number of aliphatic carboxylic acids is 1. The number of nitrogens with one attached hydrogen (secondary N) is 1. The molecule has 4 N–H and O–H groups in total. The second-order valence-corrected chi connectivity index (χ2v) is 5.32. The van der Waals surface area contributed by atoms with Gasteiger partial charge in [0, 0.05) is 6.04 Å². The summed E-state index contributed by atoms with van der Waals surface area (Å²) in [6, 6.07) is -0.802. The average molecular weight is 228 g/mol. The highest BCUT2D eigenvalue weighted by molar-refractivity contribution is 5.86. The summed E-state index contributed by atoms with van der Waals surface area (Å²) in [5.41, 5.74) is 5.73. The molecule has 16 heavy (non-hydrogen) atoms. The zero-order valence-electron chi connectivity index (χ0n) is 9.82. The Morgan fingerprint density at radius 3 is 2.62 bits per heavy atom. The average Bonchev–Trinajstić information content (AvgIpc) is 2.44. The van der Waals surface area contributed by atoms with E-state index < -0.39 is 12.0 Å². The molecule has 5 heteroatoms. The van der Waals surface area contributed by atoms with Crippen molar-refractivity contribution >= 4 is 11.9 Å². The molecular formula is C11H20N2O3. The lowest BCUT2D eigenvalue weighted by molar-refractivity contribution is -0.139. The third kappa shape index (κ3) is 3.81. The first-order valence-electron chi connectivity index (χ1n) is 5.58. The minimum Gasteiger partial charge on any atom is -0.481 e. The molecule has 0 heterocycles. The molecule has 1 aliphatic rings. The molecule has 1 saturated carbocycles. The van der Waals surface area contributed by atoms with Gasteiger partial charge in [0.25, 0.3) is 0 Å². The summed E-state index contributed by atoms with van der Waals surface area (Å²) in [5.74, 6) is -1.40. The third-order valence-corrected chi connectivity index (χ3v) is 3.05. The minimum absolute atomic E-state index is 0.141. The maximum atomic E-state index is 11.5. The molecule has 0 saturated heterocycles. The van der Waals surface area contributed by atoms with Gasteiger partial charge < -0.3 is 16.2 Å². The number of hydrogen-bond acceptors (Lipinski definition) is 3. The maximum Gasteiger partial charge on any atom is 0.305 e. The molecule has 5 nitrogen and oxygen atoms in total. The molecule has 0 aromatic rings. The summed E-state index contributed by atoms with van der Waals surface area (Å²) < 4.78 is 0. The molecule has 0 aromatic heterocycles. The highest BCUT2D eigenvalue weighted by Gasteiger charge is 2.32. The Morgan fingerprint density at radius 1 is 1.56 bits per heavy atom. The lowest BCUT2D eigenvalue weighted by Crippen LogP contribution is -2.45. The van der Waals surface area contributed by atoms with Crippen LogP contribution in [0.5, 0.6) is 0 Å². The first kappa shape index (κ1) is 13.0. The van der Waals surface area contributed by atoms with Crippen LogP contribution in [-0.2, 0) is 9.59 Å². The van der Waals surface area contributed by atoms with E-state index in [1.807, 2.05) is 0 Å². The molecule has 0 aromatic carbocycles. The van der Waals surface area contributed by atoms with Crippen molar-refractivity contribution in [3.8, 4) is 0 Å². The monoisotopic (exact) mass is 228 g/mol. The highest BCUT2D eigenvalue weighted by atomic mass is 16.4. The van der Waals surface area contributed by atoms with E-state index in [2.05, 4.69) is 19.2 Å². The van der Waals surface area contributed by atoms with Crippen LogP contribution < -0.4 is 11.1 Å². The van der Waals surface area contributed by atoms with E-state index >= 15 is 0 Å². The molecule has 1 fully saturated rings. The van der Waals surface area contributed by atoms with Crippen molar-refractivity contribution < 1.29 is 14.7 Å². The van der Waals surface area contributed by atoms with Gasteiger partial charge in [-0.05, 0) is 24.7 Å². The minimum atomic E-state index is -1.05. The second-order valence-electron chi connectivity index (χ2n) is 5.32. The fraction of sp³-hybridized carbons (Fsp3) is 0.818. The largest absolute Gasteiger partial charge is 0.481 e. The fourth-order valence-electron chi connectivity index (χ4n) is 2.15. The van der Waals surface area contributed by atoms with Crippen molar-refractivity contribution in [3.63, 3.8) is 0 Å². The van der Waals surface area contributed by atoms with Gasteiger partial charge >= 0.3 is 5.97 Å². The third-order valence-electron chi connectivity index (χ3n) is 3.05. The molecule has 2 atom stereocenters. The summed E-state index contributed by atoms with van der Waals surface area (Å²) in [6.45, 7) is 4.33. The Balaban J connectivity index is 2.38. The highest BCUT2D eigenvalue weighted by Crippen LogP contribution is 2.36. The van der Waals surface area contributed by atoms with Crippen LogP contribution in [0.3, 0.4) is 0 Å². The van der Waals surface area contributed by atoms with E-state index in [-0.39, 0.29) is 23.8 Å². The van der Waals surface area contributed by atoms with Crippen LogP contribution in [-0.4, -0.2) is 29.1 Å². The Bertz CT molecular complexity index is 289. The second kappa shape index (κ2) is 4.82. The van der Waals surface area contributed by atoms with Gasteiger partial charge in [0.15, 0.2) is 0 Å². The number of nitrogens with two attached hydrogens (primary N) is 1. The predicted molar refractivity (Wildman–Crippen MR) is 59.8 cm³/mol. The lowest BCUT2D eigenvalue weighted by Gasteiger charge is -2.19. The van der Waals surface area contributed by atoms with Crippen LogP contribution in [0.25, 0.3) is 0 Å². The van der Waals surface area contributed by atoms with Gasteiger partial charge in [-0.3, -0.25) is 9.59 Å². The zero-order chi connectivity index (χ0) is 12.3. The van der Waals surface area contributed by atoms with E-state index in [1.54, 1.807) is 0 Å². The van der Waals surface area contributed by atoms with Gasteiger partial charge in [0.1, 0.15) is 0 Å². The normalized spacial score (nSPS) is 25.1. The van der Waals surface area contributed by atoms with E-state index in [9.17, 15) is 9.59 Å². The van der Waals surface area contributed by atoms with E-state index in [0.717, 1.165) is 19.3 Å². The van der Waals surface area contributed by atoms with Crippen molar-refractivity contribution in [2.75, 3.05) is 0 Å². The molecule has 0 aliphatic heterocycles. The molecule has 0 spiro atoms. The van der Waals surface area contributed by atoms with E-state index in [4.69, 9.17) is 10.8 Å².